The molecule has 0 bridgehead atoms. The van der Waals surface area contributed by atoms with E-state index in [9.17, 15) is 0 Å². The lowest BCUT2D eigenvalue weighted by Gasteiger charge is -2.48. The molecule has 0 saturated heterocycles. The van der Waals surface area contributed by atoms with Crippen molar-refractivity contribution in [2.24, 2.45) is 0 Å². The maximum absolute atomic E-state index is 2.44. The fourth-order valence-electron chi connectivity index (χ4n) is 6.68. The third-order valence-corrected chi connectivity index (χ3v) is 9.81. The van der Waals surface area contributed by atoms with E-state index in [0.717, 1.165) is 17.1 Å². The molecule has 6 aromatic rings. The smallest absolute Gasteiger partial charge is 0.0467 e. The molecule has 7 rings (SSSR count). The molecule has 0 amide bonds. The average Bonchev–Trinajstić information content (AvgIpc) is 3.05. The average molecular weight is 556 g/mol. The van der Waals surface area contributed by atoms with Crippen LogP contribution >= 0.6 is 0 Å². The maximum Gasteiger partial charge on any atom is 0.0467 e. The summed E-state index contributed by atoms with van der Waals surface area (Å²) in [4.78, 5) is 2.33. The van der Waals surface area contributed by atoms with Gasteiger partial charge in [0, 0.05) is 17.1 Å². The van der Waals surface area contributed by atoms with E-state index >= 15 is 0 Å². The van der Waals surface area contributed by atoms with E-state index in [-0.39, 0.29) is 10.8 Å². The first-order valence-electron chi connectivity index (χ1n) is 15.2. The van der Waals surface area contributed by atoms with Gasteiger partial charge in [0.15, 0.2) is 0 Å². The predicted molar refractivity (Wildman–Crippen MR) is 183 cm³/mol. The largest absolute Gasteiger partial charge is 0.310 e. The van der Waals surface area contributed by atoms with Crippen LogP contribution < -0.4 is 4.90 Å². The van der Waals surface area contributed by atoms with Gasteiger partial charge in [-0.1, -0.05) is 131 Å². The molecule has 0 N–H and O–H groups in total. The van der Waals surface area contributed by atoms with Crippen LogP contribution in [-0.4, -0.2) is 0 Å². The highest BCUT2D eigenvalue weighted by Gasteiger charge is 2.46. The fourth-order valence-corrected chi connectivity index (χ4v) is 6.68. The Balaban J connectivity index is 1.34. The van der Waals surface area contributed by atoms with Gasteiger partial charge >= 0.3 is 0 Å². The minimum atomic E-state index is -0.0711. The molecule has 210 valence electrons. The minimum absolute atomic E-state index is 0.0575. The first kappa shape index (κ1) is 27.0. The van der Waals surface area contributed by atoms with Gasteiger partial charge in [-0.2, -0.15) is 0 Å². The molecule has 0 saturated carbocycles. The van der Waals surface area contributed by atoms with Crippen molar-refractivity contribution in [3.63, 3.8) is 0 Å². The van der Waals surface area contributed by atoms with Crippen molar-refractivity contribution in [3.05, 3.63) is 163 Å². The molecule has 1 heteroatoms. The van der Waals surface area contributed by atoms with Gasteiger partial charge in [-0.05, 0) is 104 Å². The van der Waals surface area contributed by atoms with Crippen LogP contribution in [0.2, 0.25) is 0 Å². The Morgan fingerprint density at radius 2 is 0.744 bits per heavy atom. The summed E-state index contributed by atoms with van der Waals surface area (Å²) in [6.07, 6.45) is 0. The lowest BCUT2D eigenvalue weighted by molar-refractivity contribution is 0.299. The van der Waals surface area contributed by atoms with Crippen LogP contribution in [0.4, 0.5) is 17.1 Å². The van der Waals surface area contributed by atoms with Crippen LogP contribution in [0.25, 0.3) is 33.4 Å². The molecular formula is C42H37N. The van der Waals surface area contributed by atoms with Crippen molar-refractivity contribution in [3.8, 4) is 33.4 Å². The molecule has 0 heterocycles. The standard InChI is InChI=1S/C42H37N/c1-41(2)39-28-32(30-15-8-5-9-16-30)23-25-37(39)38-26-24-33(29-40(38)42(41,3)4)31-17-14-22-36(27-31)43(34-18-10-6-11-19-34)35-20-12-7-13-21-35/h5-29H,1-4H3. The lowest BCUT2D eigenvalue weighted by Crippen LogP contribution is -2.43. The SMILES string of the molecule is CC1(C)c2cc(-c3ccccc3)ccc2-c2ccc(-c3cccc(N(c4ccccc4)c4ccccc4)c3)cc2C1(C)C. The molecule has 0 radical (unpaired) electrons. The van der Waals surface area contributed by atoms with Gasteiger partial charge in [-0.15, -0.1) is 0 Å². The monoisotopic (exact) mass is 555 g/mol. The van der Waals surface area contributed by atoms with Crippen LogP contribution in [0.15, 0.2) is 152 Å². The molecular weight excluding hydrogens is 518 g/mol. The summed E-state index contributed by atoms with van der Waals surface area (Å²) < 4.78 is 0. The quantitative estimate of drug-likeness (QED) is 0.204. The van der Waals surface area contributed by atoms with E-state index in [2.05, 4.69) is 184 Å². The molecule has 1 nitrogen and oxygen atoms in total. The highest BCUT2D eigenvalue weighted by Crippen LogP contribution is 2.55. The van der Waals surface area contributed by atoms with Crippen LogP contribution in [-0.2, 0) is 10.8 Å². The maximum atomic E-state index is 2.44. The Morgan fingerprint density at radius 1 is 0.349 bits per heavy atom. The van der Waals surface area contributed by atoms with Crippen molar-refractivity contribution in [1.29, 1.82) is 0 Å². The Labute approximate surface area is 256 Å². The lowest BCUT2D eigenvalue weighted by atomic mass is 9.55. The van der Waals surface area contributed by atoms with E-state index in [1.807, 2.05) is 0 Å². The van der Waals surface area contributed by atoms with Crippen molar-refractivity contribution in [2.45, 2.75) is 38.5 Å². The molecule has 1 aliphatic rings. The number of fused-ring (bicyclic) bond motifs is 3. The number of rotatable bonds is 5. The molecule has 6 aromatic carbocycles. The third-order valence-electron chi connectivity index (χ3n) is 9.81. The topological polar surface area (TPSA) is 3.24 Å². The molecule has 0 atom stereocenters. The Hall–Kier alpha value is -4.88. The molecule has 0 fully saturated rings. The zero-order valence-corrected chi connectivity index (χ0v) is 25.4. The summed E-state index contributed by atoms with van der Waals surface area (Å²) in [5, 5.41) is 0. The van der Waals surface area contributed by atoms with Crippen molar-refractivity contribution in [1.82, 2.24) is 0 Å². The fraction of sp³-hybridized carbons (Fsp3) is 0.143. The Bertz CT molecular complexity index is 1860. The van der Waals surface area contributed by atoms with Gasteiger partial charge in [-0.25, -0.2) is 0 Å². The zero-order chi connectivity index (χ0) is 29.6. The number of hydrogen-bond acceptors (Lipinski definition) is 1. The van der Waals surface area contributed by atoms with Gasteiger partial charge < -0.3 is 4.90 Å². The van der Waals surface area contributed by atoms with Gasteiger partial charge in [-0.3, -0.25) is 0 Å². The molecule has 0 aromatic heterocycles. The molecule has 0 aliphatic heterocycles. The first-order chi connectivity index (χ1) is 20.8. The summed E-state index contributed by atoms with van der Waals surface area (Å²) in [5.74, 6) is 0. The van der Waals surface area contributed by atoms with E-state index < -0.39 is 0 Å². The summed E-state index contributed by atoms with van der Waals surface area (Å²) in [6, 6.07) is 55.0. The zero-order valence-electron chi connectivity index (χ0n) is 25.4. The highest BCUT2D eigenvalue weighted by molar-refractivity contribution is 5.85. The summed E-state index contributed by atoms with van der Waals surface area (Å²) in [6.45, 7) is 9.65. The van der Waals surface area contributed by atoms with Crippen molar-refractivity contribution >= 4 is 17.1 Å². The number of para-hydroxylation sites is 2. The molecule has 0 spiro atoms. The van der Waals surface area contributed by atoms with Crippen LogP contribution in [0.3, 0.4) is 0 Å². The minimum Gasteiger partial charge on any atom is -0.310 e. The van der Waals surface area contributed by atoms with Crippen molar-refractivity contribution < 1.29 is 0 Å². The van der Waals surface area contributed by atoms with Crippen LogP contribution in [0.1, 0.15) is 38.8 Å². The van der Waals surface area contributed by atoms with E-state index in [0.29, 0.717) is 0 Å². The Kier molecular flexibility index (Phi) is 6.55. The van der Waals surface area contributed by atoms with Gasteiger partial charge in [0.1, 0.15) is 0 Å². The van der Waals surface area contributed by atoms with E-state index in [1.165, 1.54) is 44.5 Å². The Morgan fingerprint density at radius 3 is 1.26 bits per heavy atom. The number of hydrogen-bond donors (Lipinski definition) is 0. The van der Waals surface area contributed by atoms with Gasteiger partial charge in [0.2, 0.25) is 0 Å². The predicted octanol–water partition coefficient (Wildman–Crippen LogP) is 11.7. The summed E-state index contributed by atoms with van der Waals surface area (Å²) >= 11 is 0. The van der Waals surface area contributed by atoms with Crippen LogP contribution in [0.5, 0.6) is 0 Å². The normalized spacial score (nSPS) is 14.4. The number of anilines is 3. The van der Waals surface area contributed by atoms with Crippen molar-refractivity contribution in [2.75, 3.05) is 4.90 Å². The molecule has 1 aliphatic carbocycles. The van der Waals surface area contributed by atoms with Gasteiger partial charge in [0.25, 0.3) is 0 Å². The second-order valence-electron chi connectivity index (χ2n) is 12.7. The van der Waals surface area contributed by atoms with E-state index in [4.69, 9.17) is 0 Å². The number of nitrogens with zero attached hydrogens (tertiary/aromatic N) is 1. The first-order valence-corrected chi connectivity index (χ1v) is 15.2. The molecule has 0 unspecified atom stereocenters. The second kappa shape index (κ2) is 10.4. The molecule has 43 heavy (non-hydrogen) atoms. The number of benzene rings is 6. The van der Waals surface area contributed by atoms with Crippen LogP contribution in [0, 0.1) is 0 Å². The third kappa shape index (κ3) is 4.57. The second-order valence-corrected chi connectivity index (χ2v) is 12.7. The summed E-state index contributed by atoms with van der Waals surface area (Å²) in [7, 11) is 0. The summed E-state index contributed by atoms with van der Waals surface area (Å²) in [5.41, 5.74) is 13.8. The van der Waals surface area contributed by atoms with Gasteiger partial charge in [0.05, 0.1) is 0 Å². The van der Waals surface area contributed by atoms with E-state index in [1.54, 1.807) is 0 Å². The highest BCUT2D eigenvalue weighted by atomic mass is 15.1.